The molecule has 0 bridgehead atoms. The normalized spacial score (nSPS) is 13.0. The second-order valence-electron chi connectivity index (χ2n) is 5.91. The molecule has 1 aromatic carbocycles. The van der Waals surface area contributed by atoms with E-state index in [2.05, 4.69) is 29.5 Å². The Kier molecular flexibility index (Phi) is 6.42. The summed E-state index contributed by atoms with van der Waals surface area (Å²) >= 11 is 0. The van der Waals surface area contributed by atoms with Crippen molar-refractivity contribution in [3.63, 3.8) is 0 Å². The summed E-state index contributed by atoms with van der Waals surface area (Å²) in [5.74, 6) is -0.508. The number of aromatic nitrogens is 3. The van der Waals surface area contributed by atoms with Crippen LogP contribution in [0.25, 0.3) is 11.1 Å². The molecule has 2 amide bonds. The number of urea groups is 1. The molecule has 3 atom stereocenters. The maximum atomic E-state index is 14.2. The van der Waals surface area contributed by atoms with Gasteiger partial charge in [0.2, 0.25) is 0 Å². The van der Waals surface area contributed by atoms with Crippen LogP contribution in [0.2, 0.25) is 0 Å². The fourth-order valence-electron chi connectivity index (χ4n) is 2.62. The van der Waals surface area contributed by atoms with Crippen LogP contribution in [-0.2, 0) is 9.92 Å². The second-order valence-corrected chi connectivity index (χ2v) is 9.22. The van der Waals surface area contributed by atoms with Crippen LogP contribution in [0.4, 0.5) is 14.9 Å². The molecule has 0 saturated heterocycles. The molecule has 30 heavy (non-hydrogen) atoms. The lowest BCUT2D eigenvalue weighted by Gasteiger charge is -2.17. The van der Waals surface area contributed by atoms with E-state index in [9.17, 15) is 13.4 Å². The van der Waals surface area contributed by atoms with E-state index in [1.54, 1.807) is 6.07 Å². The molecule has 2 aromatic heterocycles. The van der Waals surface area contributed by atoms with Gasteiger partial charge in [-0.15, -0.1) is 0 Å². The predicted octanol–water partition coefficient (Wildman–Crippen LogP) is 2.67. The Morgan fingerprint density at radius 1 is 1.40 bits per heavy atom. The van der Waals surface area contributed by atoms with Crippen molar-refractivity contribution < 1.29 is 13.4 Å². The number of nitriles is 1. The van der Waals surface area contributed by atoms with E-state index in [0.29, 0.717) is 16.4 Å². The highest BCUT2D eigenvalue weighted by molar-refractivity contribution is 7.91. The summed E-state index contributed by atoms with van der Waals surface area (Å²) in [5.41, 5.74) is 1.23. The van der Waals surface area contributed by atoms with E-state index in [1.165, 1.54) is 41.1 Å². The Balaban J connectivity index is 1.98. The van der Waals surface area contributed by atoms with Crippen molar-refractivity contribution in [3.8, 4) is 17.2 Å². The van der Waals surface area contributed by atoms with Crippen molar-refractivity contribution in [2.75, 3.05) is 12.0 Å². The van der Waals surface area contributed by atoms with E-state index in [-0.39, 0.29) is 25.0 Å². The molecule has 0 saturated carbocycles. The number of hydrogen-bond acceptors (Lipinski definition) is 6. The van der Waals surface area contributed by atoms with Crippen molar-refractivity contribution in [2.24, 2.45) is 0 Å². The van der Waals surface area contributed by atoms with Crippen LogP contribution in [-0.4, -0.2) is 31.4 Å². The first-order valence-corrected chi connectivity index (χ1v) is 11.9. The number of pyridine rings is 1. The molecular formula is C17H16FN7O2P2S. The van der Waals surface area contributed by atoms with E-state index in [0.717, 1.165) is 0 Å². The molecule has 2 heterocycles. The van der Waals surface area contributed by atoms with Crippen LogP contribution < -0.4 is 15.3 Å². The van der Waals surface area contributed by atoms with Gasteiger partial charge in [0, 0.05) is 18.0 Å². The van der Waals surface area contributed by atoms with Crippen LogP contribution >= 0.6 is 18.0 Å². The average molecular weight is 463 g/mol. The monoisotopic (exact) mass is 463 g/mol. The zero-order valence-corrected chi connectivity index (χ0v) is 18.5. The number of amides is 2. The van der Waals surface area contributed by atoms with Gasteiger partial charge in [-0.05, 0) is 57.3 Å². The van der Waals surface area contributed by atoms with Crippen molar-refractivity contribution in [2.45, 2.75) is 5.03 Å². The summed E-state index contributed by atoms with van der Waals surface area (Å²) in [6.07, 6.45) is 2.88. The topological polar surface area (TPSA) is 137 Å². The van der Waals surface area contributed by atoms with E-state index < -0.39 is 21.8 Å². The lowest BCUT2D eigenvalue weighted by molar-refractivity contribution is 0.257. The zero-order valence-electron chi connectivity index (χ0n) is 15.5. The fraction of sp³-hybridized carbons (Fsp3) is 0.0588. The smallest absolute Gasteiger partial charge is 0.306 e. The summed E-state index contributed by atoms with van der Waals surface area (Å²) in [5, 5.41) is 15.9. The van der Waals surface area contributed by atoms with Gasteiger partial charge < -0.3 is 5.32 Å². The minimum absolute atomic E-state index is 0.114. The van der Waals surface area contributed by atoms with Crippen molar-refractivity contribution >= 4 is 44.9 Å². The Bertz CT molecular complexity index is 1270. The standard InChI is InChI=1S/C17H16FN7O2P2S/c1-29-14-8-11(18)7-13(10-2-4-21-12(6-10)9-19)16(14)22-17(26)24-30(20,27)15-3-5-25(28)23-15/h2-8,29H,28H2,1H3,(H3,20,22,24,26,27). The number of carbonyl (C=O) groups is 1. The molecule has 0 aliphatic heterocycles. The lowest BCUT2D eigenvalue weighted by atomic mass is 10.0. The Hall–Kier alpha value is -2.92. The number of benzene rings is 1. The number of nitrogens with zero attached hydrogens (tertiary/aromatic N) is 4. The molecule has 3 rings (SSSR count). The van der Waals surface area contributed by atoms with E-state index in [4.69, 9.17) is 10.0 Å². The van der Waals surface area contributed by atoms with E-state index >= 15 is 0 Å². The number of carbonyl (C=O) groups excluding carboxylic acids is 1. The van der Waals surface area contributed by atoms with Gasteiger partial charge in [-0.3, -0.25) is 4.45 Å². The van der Waals surface area contributed by atoms with Gasteiger partial charge in [0.1, 0.15) is 17.6 Å². The molecule has 9 nitrogen and oxygen atoms in total. The summed E-state index contributed by atoms with van der Waals surface area (Å²) in [7, 11) is -1.35. The first-order valence-electron chi connectivity index (χ1n) is 8.29. The summed E-state index contributed by atoms with van der Waals surface area (Å²) in [6.45, 7) is 1.81. The van der Waals surface area contributed by atoms with Gasteiger partial charge in [0.15, 0.2) is 14.9 Å². The maximum absolute atomic E-state index is 14.2. The lowest BCUT2D eigenvalue weighted by Crippen LogP contribution is -2.35. The Morgan fingerprint density at radius 2 is 2.17 bits per heavy atom. The van der Waals surface area contributed by atoms with Gasteiger partial charge in [-0.25, -0.2) is 27.9 Å². The number of rotatable bonds is 5. The third kappa shape index (κ3) is 4.79. The quantitative estimate of drug-likeness (QED) is 0.500. The predicted molar refractivity (Wildman–Crippen MR) is 117 cm³/mol. The van der Waals surface area contributed by atoms with E-state index in [1.807, 2.05) is 12.7 Å². The minimum Gasteiger partial charge on any atom is -0.306 e. The number of anilines is 1. The van der Waals surface area contributed by atoms with Crippen LogP contribution in [0, 0.1) is 21.9 Å². The molecule has 0 radical (unpaired) electrons. The number of hydrogen-bond donors (Lipinski definition) is 3. The fourth-order valence-corrected chi connectivity index (χ4v) is 4.52. The van der Waals surface area contributed by atoms with Crippen LogP contribution in [0.3, 0.4) is 0 Å². The molecule has 0 aliphatic carbocycles. The average Bonchev–Trinajstić information content (AvgIpc) is 3.16. The van der Waals surface area contributed by atoms with Gasteiger partial charge in [0.05, 0.1) is 5.69 Å². The third-order valence-corrected chi connectivity index (χ3v) is 6.41. The molecule has 3 N–H and O–H groups in total. The molecular weight excluding hydrogens is 447 g/mol. The van der Waals surface area contributed by atoms with Gasteiger partial charge in [0.25, 0.3) is 0 Å². The number of halogens is 1. The van der Waals surface area contributed by atoms with Crippen molar-refractivity contribution in [1.29, 1.82) is 10.0 Å². The van der Waals surface area contributed by atoms with Gasteiger partial charge in [-0.1, -0.05) is 8.58 Å². The first-order chi connectivity index (χ1) is 14.2. The summed E-state index contributed by atoms with van der Waals surface area (Å²) in [6, 6.07) is 7.93. The highest BCUT2D eigenvalue weighted by Gasteiger charge is 2.20. The molecule has 0 spiro atoms. The van der Waals surface area contributed by atoms with Crippen LogP contribution in [0.5, 0.6) is 0 Å². The Morgan fingerprint density at radius 3 is 2.80 bits per heavy atom. The largest absolute Gasteiger partial charge is 0.332 e. The van der Waals surface area contributed by atoms with Gasteiger partial charge in [-0.2, -0.15) is 10.4 Å². The molecule has 154 valence electrons. The maximum Gasteiger partial charge on any atom is 0.332 e. The highest BCUT2D eigenvalue weighted by atomic mass is 32.2. The molecule has 13 heteroatoms. The highest BCUT2D eigenvalue weighted by Crippen LogP contribution is 2.31. The molecule has 3 aromatic rings. The van der Waals surface area contributed by atoms with Crippen LogP contribution in [0.15, 0.2) is 47.8 Å². The summed E-state index contributed by atoms with van der Waals surface area (Å²) in [4.78, 5) is 16.4. The minimum atomic E-state index is -3.71. The third-order valence-electron chi connectivity index (χ3n) is 3.91. The molecule has 3 unspecified atom stereocenters. The number of nitrogens with one attached hydrogen (secondary N) is 3. The van der Waals surface area contributed by atoms with Gasteiger partial charge >= 0.3 is 6.03 Å². The molecule has 0 fully saturated rings. The second kappa shape index (κ2) is 8.84. The summed E-state index contributed by atoms with van der Waals surface area (Å²) < 4.78 is 38.1. The first kappa shape index (κ1) is 21.8. The van der Waals surface area contributed by atoms with Crippen LogP contribution in [0.1, 0.15) is 5.69 Å². The van der Waals surface area contributed by atoms with Crippen molar-refractivity contribution in [3.05, 3.63) is 54.2 Å². The Labute approximate surface area is 176 Å². The zero-order chi connectivity index (χ0) is 21.9. The van der Waals surface area contributed by atoms with Crippen molar-refractivity contribution in [1.82, 2.24) is 19.3 Å². The SMILES string of the molecule is CPc1cc(F)cc(-c2ccnc(C#N)c2)c1NC(=O)NS(=N)(=O)c1ccn(P)n1. The molecule has 0 aliphatic rings.